The predicted molar refractivity (Wildman–Crippen MR) is 92.1 cm³/mol. The second-order valence-corrected chi connectivity index (χ2v) is 5.38. The van der Waals surface area contributed by atoms with Crippen molar-refractivity contribution in [3.05, 3.63) is 18.2 Å². The van der Waals surface area contributed by atoms with Crippen LogP contribution in [0.25, 0.3) is 0 Å². The molecule has 1 rings (SSSR count). The van der Waals surface area contributed by atoms with Crippen molar-refractivity contribution in [1.29, 1.82) is 0 Å². The number of nitrogens with zero attached hydrogens (tertiary/aromatic N) is 2. The van der Waals surface area contributed by atoms with Crippen molar-refractivity contribution in [3.8, 4) is 0 Å². The van der Waals surface area contributed by atoms with Gasteiger partial charge in [-0.05, 0) is 24.6 Å². The summed E-state index contributed by atoms with van der Waals surface area (Å²) in [6, 6.07) is 5.14. The van der Waals surface area contributed by atoms with E-state index in [2.05, 4.69) is 0 Å². The van der Waals surface area contributed by atoms with Gasteiger partial charge < -0.3 is 30.9 Å². The van der Waals surface area contributed by atoms with E-state index in [0.29, 0.717) is 24.5 Å². The van der Waals surface area contributed by atoms with Crippen molar-refractivity contribution in [2.45, 2.75) is 19.3 Å². The first-order valence-corrected chi connectivity index (χ1v) is 7.75. The van der Waals surface area contributed by atoms with E-state index < -0.39 is 5.97 Å². The Labute approximate surface area is 141 Å². The third-order valence-electron chi connectivity index (χ3n) is 3.63. The molecular formula is C16H25N3O5. The highest BCUT2D eigenvalue weighted by molar-refractivity contribution is 5.96. The maximum atomic E-state index is 12.1. The van der Waals surface area contributed by atoms with Crippen LogP contribution < -0.4 is 15.5 Å². The Bertz CT molecular complexity index is 559. The molecule has 0 spiro atoms. The van der Waals surface area contributed by atoms with E-state index in [4.69, 9.17) is 21.1 Å². The number of aliphatic carboxylic acids is 1. The summed E-state index contributed by atoms with van der Waals surface area (Å²) in [5.41, 5.74) is 7.69. The Morgan fingerprint density at radius 2 is 1.75 bits per heavy atom. The molecule has 1 aromatic rings. The van der Waals surface area contributed by atoms with Crippen molar-refractivity contribution in [2.24, 2.45) is 0 Å². The summed E-state index contributed by atoms with van der Waals surface area (Å²) >= 11 is 0. The lowest BCUT2D eigenvalue weighted by molar-refractivity contribution is -0.137. The number of nitrogen functional groups attached to an aromatic ring is 1. The summed E-state index contributed by atoms with van der Waals surface area (Å²) < 4.78 is 0. The van der Waals surface area contributed by atoms with Gasteiger partial charge in [0.15, 0.2) is 0 Å². The van der Waals surface area contributed by atoms with Crippen molar-refractivity contribution in [1.82, 2.24) is 0 Å². The SMILES string of the molecule is CN(C(=O)CCCC(=O)O)c1ccc(N(CCO)CCO)cc1N. The molecule has 0 fully saturated rings. The zero-order valence-electron chi connectivity index (χ0n) is 13.8. The molecule has 1 amide bonds. The van der Waals surface area contributed by atoms with Gasteiger partial charge in [0, 0.05) is 38.7 Å². The summed E-state index contributed by atoms with van der Waals surface area (Å²) in [6.07, 6.45) is 0.355. The number of carboxylic acids is 1. The van der Waals surface area contributed by atoms with Gasteiger partial charge in [0.1, 0.15) is 0 Å². The fraction of sp³-hybridized carbons (Fsp3) is 0.500. The average molecular weight is 339 g/mol. The van der Waals surface area contributed by atoms with Gasteiger partial charge in [-0.3, -0.25) is 9.59 Å². The third-order valence-corrected chi connectivity index (χ3v) is 3.63. The number of rotatable bonds is 10. The lowest BCUT2D eigenvalue weighted by Gasteiger charge is -2.25. The van der Waals surface area contributed by atoms with Gasteiger partial charge in [0.25, 0.3) is 0 Å². The van der Waals surface area contributed by atoms with E-state index in [0.717, 1.165) is 5.69 Å². The molecule has 24 heavy (non-hydrogen) atoms. The first-order chi connectivity index (χ1) is 11.4. The van der Waals surface area contributed by atoms with Gasteiger partial charge in [0.2, 0.25) is 5.91 Å². The number of hydrogen-bond acceptors (Lipinski definition) is 6. The fourth-order valence-electron chi connectivity index (χ4n) is 2.35. The lowest BCUT2D eigenvalue weighted by atomic mass is 10.1. The predicted octanol–water partition coefficient (Wildman–Crippen LogP) is 0.278. The Kier molecular flexibility index (Phi) is 8.00. The Morgan fingerprint density at radius 1 is 1.12 bits per heavy atom. The van der Waals surface area contributed by atoms with Crippen molar-refractivity contribution in [3.63, 3.8) is 0 Å². The summed E-state index contributed by atoms with van der Waals surface area (Å²) in [5, 5.41) is 26.8. The van der Waals surface area contributed by atoms with Crippen LogP contribution in [0.4, 0.5) is 17.1 Å². The van der Waals surface area contributed by atoms with Crippen LogP contribution in [0.1, 0.15) is 19.3 Å². The van der Waals surface area contributed by atoms with Gasteiger partial charge in [0.05, 0.1) is 24.6 Å². The topological polar surface area (TPSA) is 127 Å². The van der Waals surface area contributed by atoms with Crippen LogP contribution in [0.15, 0.2) is 18.2 Å². The molecule has 0 aliphatic carbocycles. The molecule has 0 aliphatic heterocycles. The number of hydrogen-bond donors (Lipinski definition) is 4. The highest BCUT2D eigenvalue weighted by Crippen LogP contribution is 2.28. The highest BCUT2D eigenvalue weighted by Gasteiger charge is 2.15. The normalized spacial score (nSPS) is 10.5. The molecule has 0 saturated carbocycles. The minimum Gasteiger partial charge on any atom is -0.481 e. The average Bonchev–Trinajstić information content (AvgIpc) is 2.53. The van der Waals surface area contributed by atoms with Crippen LogP contribution in [0.5, 0.6) is 0 Å². The number of benzene rings is 1. The van der Waals surface area contributed by atoms with Crippen molar-refractivity contribution >= 4 is 28.9 Å². The summed E-state index contributed by atoms with van der Waals surface area (Å²) in [4.78, 5) is 25.8. The second-order valence-electron chi connectivity index (χ2n) is 5.38. The zero-order chi connectivity index (χ0) is 18.1. The van der Waals surface area contributed by atoms with Crippen molar-refractivity contribution in [2.75, 3.05) is 48.9 Å². The van der Waals surface area contributed by atoms with E-state index in [-0.39, 0.29) is 38.4 Å². The van der Waals surface area contributed by atoms with Crippen LogP contribution in [0.3, 0.4) is 0 Å². The zero-order valence-corrected chi connectivity index (χ0v) is 13.8. The van der Waals surface area contributed by atoms with Crippen LogP contribution >= 0.6 is 0 Å². The number of carbonyl (C=O) groups excluding carboxylic acids is 1. The maximum Gasteiger partial charge on any atom is 0.303 e. The van der Waals surface area contributed by atoms with Crippen LogP contribution in [0.2, 0.25) is 0 Å². The number of nitrogens with two attached hydrogens (primary N) is 1. The molecule has 8 heteroatoms. The van der Waals surface area contributed by atoms with Gasteiger partial charge in [-0.2, -0.15) is 0 Å². The highest BCUT2D eigenvalue weighted by atomic mass is 16.4. The quantitative estimate of drug-likeness (QED) is 0.451. The standard InChI is InChI=1S/C16H25N3O5/c1-18(15(22)3-2-4-16(23)24)14-6-5-12(11-13(14)17)19(7-9-20)8-10-21/h5-6,11,20-21H,2-4,7-10,17H2,1H3,(H,23,24). The number of aliphatic hydroxyl groups excluding tert-OH is 2. The summed E-state index contributed by atoms with van der Waals surface area (Å²) in [5.74, 6) is -1.14. The number of amides is 1. The van der Waals surface area contributed by atoms with Gasteiger partial charge in [-0.1, -0.05) is 0 Å². The second kappa shape index (κ2) is 9.74. The van der Waals surface area contributed by atoms with Gasteiger partial charge in [-0.25, -0.2) is 0 Å². The van der Waals surface area contributed by atoms with Gasteiger partial charge >= 0.3 is 5.97 Å². The number of anilines is 3. The Balaban J connectivity index is 2.82. The van der Waals surface area contributed by atoms with Crippen molar-refractivity contribution < 1.29 is 24.9 Å². The van der Waals surface area contributed by atoms with Gasteiger partial charge in [-0.15, -0.1) is 0 Å². The lowest BCUT2D eigenvalue weighted by Crippen LogP contribution is -2.30. The Hall–Kier alpha value is -2.32. The molecule has 0 saturated heterocycles. The molecule has 0 unspecified atom stereocenters. The summed E-state index contributed by atoms with van der Waals surface area (Å²) in [7, 11) is 1.59. The third kappa shape index (κ3) is 5.71. The molecule has 5 N–H and O–H groups in total. The number of aliphatic hydroxyl groups is 2. The minimum atomic E-state index is -0.929. The van der Waals surface area contributed by atoms with Crippen LogP contribution in [-0.2, 0) is 9.59 Å². The van der Waals surface area contributed by atoms with E-state index >= 15 is 0 Å². The smallest absolute Gasteiger partial charge is 0.303 e. The molecule has 0 radical (unpaired) electrons. The molecular weight excluding hydrogens is 314 g/mol. The molecule has 0 aliphatic rings. The minimum absolute atomic E-state index is 0.0503. The molecule has 0 atom stereocenters. The van der Waals surface area contributed by atoms with Crippen LogP contribution in [0, 0.1) is 0 Å². The van der Waals surface area contributed by atoms with E-state index in [1.54, 1.807) is 30.1 Å². The maximum absolute atomic E-state index is 12.1. The molecule has 134 valence electrons. The number of carbonyl (C=O) groups is 2. The summed E-state index contributed by atoms with van der Waals surface area (Å²) in [6.45, 7) is 0.625. The van der Waals surface area contributed by atoms with E-state index in [1.807, 2.05) is 0 Å². The Morgan fingerprint density at radius 3 is 2.25 bits per heavy atom. The fourth-order valence-corrected chi connectivity index (χ4v) is 2.35. The van der Waals surface area contributed by atoms with E-state index in [1.165, 1.54) is 4.90 Å². The largest absolute Gasteiger partial charge is 0.481 e. The molecule has 8 nitrogen and oxygen atoms in total. The first-order valence-electron chi connectivity index (χ1n) is 7.75. The molecule has 1 aromatic carbocycles. The molecule has 0 aromatic heterocycles. The molecule has 0 heterocycles. The van der Waals surface area contributed by atoms with E-state index in [9.17, 15) is 9.59 Å². The number of carboxylic acid groups (broad SMARTS) is 1. The molecule has 0 bridgehead atoms. The van der Waals surface area contributed by atoms with Crippen LogP contribution in [-0.4, -0.2) is 60.5 Å². The first kappa shape index (κ1) is 19.7. The monoisotopic (exact) mass is 339 g/mol.